The molecule has 5 aliphatic heterocycles. The lowest BCUT2D eigenvalue weighted by Gasteiger charge is -2.43. The van der Waals surface area contributed by atoms with E-state index in [2.05, 4.69) is 30.0 Å². The fourth-order valence-corrected chi connectivity index (χ4v) is 9.80. The molecule has 1 N–H and O–H groups in total. The largest absolute Gasteiger partial charge is 0.354 e. The van der Waals surface area contributed by atoms with Crippen molar-refractivity contribution in [2.45, 2.75) is 63.2 Å². The zero-order chi connectivity index (χ0) is 41.9. The van der Waals surface area contributed by atoms with Crippen molar-refractivity contribution in [3.63, 3.8) is 0 Å². The van der Waals surface area contributed by atoms with Crippen LogP contribution in [0.4, 0.5) is 24.8 Å². The Morgan fingerprint density at radius 2 is 1.56 bits per heavy atom. The van der Waals surface area contributed by atoms with Crippen LogP contribution < -0.4 is 15.1 Å². The van der Waals surface area contributed by atoms with Gasteiger partial charge in [-0.1, -0.05) is 12.1 Å². The van der Waals surface area contributed by atoms with Crippen LogP contribution in [0.25, 0.3) is 16.9 Å². The number of likely N-dealkylation sites (tertiary alicyclic amines) is 1. The fourth-order valence-electron chi connectivity index (χ4n) is 9.80. The van der Waals surface area contributed by atoms with Gasteiger partial charge >= 0.3 is 0 Å². The Morgan fingerprint density at radius 3 is 2.34 bits per heavy atom. The minimum atomic E-state index is -1.15. The SMILES string of the molecule is O=C1CCC(N2C(=O)c3cc(CN4CCC(N5CCN(c6cccc(-c7cnn8ccc(N9CCCC9c9ccc(F)cc9F)nc78)n6)CC5)CC4)cc(F)c3C2=O)C(=O)N1. The number of aromatic nitrogens is 4. The third kappa shape index (κ3) is 7.18. The van der Waals surface area contributed by atoms with E-state index in [0.29, 0.717) is 41.7 Å². The lowest BCUT2D eigenvalue weighted by Crippen LogP contribution is -2.54. The predicted octanol–water partition coefficient (Wildman–Crippen LogP) is 4.74. The molecule has 2 unspecified atom stereocenters. The number of fused-ring (bicyclic) bond motifs is 2. The Balaban J connectivity index is 0.756. The van der Waals surface area contributed by atoms with E-state index in [1.165, 1.54) is 18.2 Å². The third-order valence-corrected chi connectivity index (χ3v) is 12.9. The first-order valence-corrected chi connectivity index (χ1v) is 20.9. The molecule has 0 spiro atoms. The lowest BCUT2D eigenvalue weighted by atomic mass is 10.0. The summed E-state index contributed by atoms with van der Waals surface area (Å²) < 4.78 is 45.6. The first kappa shape index (κ1) is 39.0. The lowest BCUT2D eigenvalue weighted by molar-refractivity contribution is -0.136. The number of carbonyl (C=O) groups excluding carboxylic acids is 4. The second-order valence-electron chi connectivity index (χ2n) is 16.5. The second kappa shape index (κ2) is 15.7. The smallest absolute Gasteiger partial charge is 0.265 e. The van der Waals surface area contributed by atoms with E-state index in [9.17, 15) is 28.0 Å². The highest BCUT2D eigenvalue weighted by Gasteiger charge is 2.46. The highest BCUT2D eigenvalue weighted by atomic mass is 19.1. The van der Waals surface area contributed by atoms with Gasteiger partial charge in [0.1, 0.15) is 35.1 Å². The number of halogens is 3. The summed E-state index contributed by atoms with van der Waals surface area (Å²) in [5.41, 5.74) is 2.86. The average molecular weight is 833 g/mol. The quantitative estimate of drug-likeness (QED) is 0.217. The molecule has 5 aliphatic rings. The molecule has 2 atom stereocenters. The first-order chi connectivity index (χ1) is 29.6. The zero-order valence-corrected chi connectivity index (χ0v) is 33.3. The van der Waals surface area contributed by atoms with Gasteiger partial charge in [-0.15, -0.1) is 0 Å². The number of carbonyl (C=O) groups is 4. The molecule has 4 saturated heterocycles. The van der Waals surface area contributed by atoms with Crippen molar-refractivity contribution in [1.82, 2.24) is 39.6 Å². The number of amides is 4. The zero-order valence-electron chi connectivity index (χ0n) is 33.3. The van der Waals surface area contributed by atoms with E-state index in [1.807, 2.05) is 30.5 Å². The summed E-state index contributed by atoms with van der Waals surface area (Å²) in [5, 5.41) is 6.71. The van der Waals surface area contributed by atoms with Crippen LogP contribution in [0, 0.1) is 17.5 Å². The predicted molar refractivity (Wildman–Crippen MR) is 217 cm³/mol. The number of hydrogen-bond acceptors (Lipinski definition) is 11. The standard InChI is InChI=1S/C44H43F3N10O4/c45-27-6-7-29(32(46)23-27)35-4-2-13-55(35)38-12-16-56-41(50-38)31(24-48-56)34-3-1-5-37(49-34)54-19-17-53(18-20-54)28-10-14-52(15-11-28)25-26-21-30-40(33(47)22-26)44(61)57(43(30)60)36-8-9-39(58)51-42(36)59/h1,3,5-7,12,16,21-24,28,35-36H,2,4,8-11,13-15,17-20,25H2,(H,51,58,59). The van der Waals surface area contributed by atoms with Crippen molar-refractivity contribution in [3.05, 3.63) is 107 Å². The first-order valence-electron chi connectivity index (χ1n) is 20.9. The van der Waals surface area contributed by atoms with Gasteiger partial charge in [-0.25, -0.2) is 27.7 Å². The third-order valence-electron chi connectivity index (χ3n) is 12.9. The van der Waals surface area contributed by atoms with Crippen LogP contribution in [0.2, 0.25) is 0 Å². The second-order valence-corrected chi connectivity index (χ2v) is 16.5. The number of nitrogens with one attached hydrogen (secondary N) is 1. The van der Waals surface area contributed by atoms with Crippen molar-refractivity contribution in [2.24, 2.45) is 0 Å². The summed E-state index contributed by atoms with van der Waals surface area (Å²) in [5.74, 6) is -3.13. The molecule has 0 aliphatic carbocycles. The molecule has 8 heterocycles. The molecule has 4 fully saturated rings. The fraction of sp³-hybridized carbons (Fsp3) is 0.386. The number of imide groups is 2. The van der Waals surface area contributed by atoms with Crippen LogP contribution in [0.5, 0.6) is 0 Å². The van der Waals surface area contributed by atoms with Gasteiger partial charge in [-0.2, -0.15) is 5.10 Å². The molecule has 17 heteroatoms. The van der Waals surface area contributed by atoms with Gasteiger partial charge in [0, 0.05) is 69.6 Å². The molecule has 0 radical (unpaired) electrons. The Hall–Kier alpha value is -6.20. The molecule has 14 nitrogen and oxygen atoms in total. The Kier molecular flexibility index (Phi) is 10.0. The van der Waals surface area contributed by atoms with Crippen molar-refractivity contribution in [3.8, 4) is 11.3 Å². The van der Waals surface area contributed by atoms with Gasteiger partial charge in [0.25, 0.3) is 11.8 Å². The van der Waals surface area contributed by atoms with Gasteiger partial charge in [0.05, 0.1) is 34.6 Å². The highest BCUT2D eigenvalue weighted by molar-refractivity contribution is 6.23. The number of rotatable bonds is 8. The maximum atomic E-state index is 15.4. The molecule has 0 saturated carbocycles. The molecule has 10 rings (SSSR count). The number of hydrogen-bond donors (Lipinski definition) is 1. The van der Waals surface area contributed by atoms with E-state index < -0.39 is 47.1 Å². The highest BCUT2D eigenvalue weighted by Crippen LogP contribution is 2.38. The number of anilines is 2. The molecular weight excluding hydrogens is 790 g/mol. The van der Waals surface area contributed by atoms with E-state index in [4.69, 9.17) is 9.97 Å². The summed E-state index contributed by atoms with van der Waals surface area (Å²) in [4.78, 5) is 70.5. The normalized spacial score (nSPS) is 21.9. The van der Waals surface area contributed by atoms with Gasteiger partial charge in [-0.3, -0.25) is 39.2 Å². The summed E-state index contributed by atoms with van der Waals surface area (Å²) in [6.45, 7) is 6.07. The van der Waals surface area contributed by atoms with Gasteiger partial charge < -0.3 is 9.80 Å². The monoisotopic (exact) mass is 832 g/mol. The summed E-state index contributed by atoms with van der Waals surface area (Å²) in [6.07, 6.45) is 7.09. The average Bonchev–Trinajstić information content (AvgIpc) is 3.98. The maximum absolute atomic E-state index is 15.4. The summed E-state index contributed by atoms with van der Waals surface area (Å²) in [6, 6.07) is 13.5. The van der Waals surface area contributed by atoms with Crippen molar-refractivity contribution in [2.75, 3.05) is 55.6 Å². The van der Waals surface area contributed by atoms with E-state index in [0.717, 1.165) is 93.0 Å². The number of pyridine rings is 1. The molecule has 314 valence electrons. The number of piperazine rings is 1. The Labute approximate surface area is 348 Å². The summed E-state index contributed by atoms with van der Waals surface area (Å²) in [7, 11) is 0. The number of piperidine rings is 2. The molecule has 5 aromatic rings. The minimum absolute atomic E-state index is 0.00575. The van der Waals surface area contributed by atoms with Gasteiger partial charge in [-0.05, 0) is 87.2 Å². The molecule has 61 heavy (non-hydrogen) atoms. The van der Waals surface area contributed by atoms with E-state index in [-0.39, 0.29) is 30.0 Å². The maximum Gasteiger partial charge on any atom is 0.265 e. The van der Waals surface area contributed by atoms with Crippen molar-refractivity contribution >= 4 is 40.9 Å². The Bertz CT molecular complexity index is 2590. The molecule has 0 bridgehead atoms. The van der Waals surface area contributed by atoms with E-state index >= 15 is 4.39 Å². The van der Waals surface area contributed by atoms with E-state index in [1.54, 1.807) is 16.8 Å². The van der Waals surface area contributed by atoms with Gasteiger partial charge in [0.15, 0.2) is 5.65 Å². The van der Waals surface area contributed by atoms with Crippen LogP contribution in [-0.4, -0.2) is 116 Å². The molecule has 4 amide bonds. The van der Waals surface area contributed by atoms with Crippen LogP contribution >= 0.6 is 0 Å². The van der Waals surface area contributed by atoms with Gasteiger partial charge in [0.2, 0.25) is 11.8 Å². The van der Waals surface area contributed by atoms with Crippen LogP contribution in [-0.2, 0) is 16.1 Å². The topological polar surface area (TPSA) is 140 Å². The summed E-state index contributed by atoms with van der Waals surface area (Å²) >= 11 is 0. The van der Waals surface area contributed by atoms with Crippen LogP contribution in [0.15, 0.2) is 67.0 Å². The number of benzene rings is 2. The molecular formula is C44H43F3N10O4. The minimum Gasteiger partial charge on any atom is -0.354 e. The van der Waals surface area contributed by atoms with Crippen LogP contribution in [0.1, 0.15) is 76.4 Å². The Morgan fingerprint density at radius 1 is 0.738 bits per heavy atom. The number of nitrogens with zero attached hydrogens (tertiary/aromatic N) is 9. The van der Waals surface area contributed by atoms with Crippen molar-refractivity contribution < 1.29 is 32.3 Å². The van der Waals surface area contributed by atoms with Crippen LogP contribution in [0.3, 0.4) is 0 Å². The molecule has 2 aromatic carbocycles. The molecule has 3 aromatic heterocycles. The van der Waals surface area contributed by atoms with Crippen molar-refractivity contribution in [1.29, 1.82) is 0 Å².